The first-order valence-electron chi connectivity index (χ1n) is 5.21. The maximum atomic E-state index is 11.8. The fraction of sp³-hybridized carbons (Fsp3) is 0.909. The van der Waals surface area contributed by atoms with Gasteiger partial charge < -0.3 is 4.74 Å². The van der Waals surface area contributed by atoms with Crippen molar-refractivity contribution < 1.29 is 9.53 Å². The second-order valence-electron chi connectivity index (χ2n) is 5.06. The first kappa shape index (κ1) is 12.3. The first-order chi connectivity index (χ1) is 6.45. The van der Waals surface area contributed by atoms with E-state index < -0.39 is 0 Å². The highest BCUT2D eigenvalue weighted by Gasteiger charge is 2.35. The number of halogens is 1. The van der Waals surface area contributed by atoms with Gasteiger partial charge in [0.15, 0.2) is 0 Å². The van der Waals surface area contributed by atoms with Crippen LogP contribution in [-0.2, 0) is 9.53 Å². The molecule has 2 atom stereocenters. The molecule has 0 spiro atoms. The normalized spacial score (nSPS) is 29.6. The minimum atomic E-state index is 0.0108. The van der Waals surface area contributed by atoms with Crippen molar-refractivity contribution in [2.24, 2.45) is 11.3 Å². The molecule has 0 amide bonds. The Balaban J connectivity index is 2.67. The van der Waals surface area contributed by atoms with Crippen LogP contribution in [0.15, 0.2) is 0 Å². The number of cyclic esters (lactones) is 1. The molecule has 1 saturated heterocycles. The van der Waals surface area contributed by atoms with Crippen LogP contribution in [0.1, 0.15) is 40.0 Å². The largest absolute Gasteiger partial charge is 0.461 e. The molecule has 0 saturated carbocycles. The van der Waals surface area contributed by atoms with E-state index in [9.17, 15) is 4.79 Å². The van der Waals surface area contributed by atoms with Gasteiger partial charge in [-0.2, -0.15) is 0 Å². The molecule has 0 aromatic rings. The number of hydrogen-bond acceptors (Lipinski definition) is 2. The number of alkyl halides is 1. The Bertz CT molecular complexity index is 208. The Morgan fingerprint density at radius 3 is 2.57 bits per heavy atom. The number of esters is 1. The van der Waals surface area contributed by atoms with E-state index in [1.807, 2.05) is 0 Å². The maximum absolute atomic E-state index is 11.8. The molecular weight excluding hydrogens is 291 g/mol. The predicted octanol–water partition coefficient (Wildman–Crippen LogP) is 3.18. The van der Waals surface area contributed by atoms with Crippen LogP contribution in [0.5, 0.6) is 0 Å². The Labute approximate surface area is 99.9 Å². The van der Waals surface area contributed by atoms with Crippen LogP contribution in [0, 0.1) is 11.3 Å². The van der Waals surface area contributed by atoms with Crippen molar-refractivity contribution in [1.82, 2.24) is 0 Å². The lowest BCUT2D eigenvalue weighted by atomic mass is 9.78. The summed E-state index contributed by atoms with van der Waals surface area (Å²) in [5.41, 5.74) is 0.0389. The van der Waals surface area contributed by atoms with E-state index in [1.54, 1.807) is 0 Å². The minimum absolute atomic E-state index is 0.0108. The van der Waals surface area contributed by atoms with Gasteiger partial charge in [0.2, 0.25) is 0 Å². The summed E-state index contributed by atoms with van der Waals surface area (Å²) in [4.78, 5) is 11.8. The molecule has 0 aliphatic carbocycles. The summed E-state index contributed by atoms with van der Waals surface area (Å²) in [5, 5.41) is 0. The van der Waals surface area contributed by atoms with Crippen LogP contribution in [0.25, 0.3) is 0 Å². The number of carbonyl (C=O) groups excluding carboxylic acids is 1. The molecule has 14 heavy (non-hydrogen) atoms. The van der Waals surface area contributed by atoms with Gasteiger partial charge in [-0.1, -0.05) is 43.4 Å². The molecular formula is C11H19IO2. The van der Waals surface area contributed by atoms with Gasteiger partial charge in [-0.05, 0) is 24.7 Å². The van der Waals surface area contributed by atoms with Crippen LogP contribution in [0.2, 0.25) is 0 Å². The third-order valence-electron chi connectivity index (χ3n) is 2.80. The Morgan fingerprint density at radius 1 is 1.43 bits per heavy atom. The lowest BCUT2D eigenvalue weighted by Gasteiger charge is -2.27. The monoisotopic (exact) mass is 310 g/mol. The van der Waals surface area contributed by atoms with E-state index in [-0.39, 0.29) is 23.4 Å². The summed E-state index contributed by atoms with van der Waals surface area (Å²) in [6.45, 7) is 6.34. The van der Waals surface area contributed by atoms with Crippen LogP contribution in [0.4, 0.5) is 0 Å². The second kappa shape index (κ2) is 4.81. The van der Waals surface area contributed by atoms with Crippen molar-refractivity contribution in [1.29, 1.82) is 0 Å². The van der Waals surface area contributed by atoms with Crippen LogP contribution in [-0.4, -0.2) is 16.5 Å². The predicted molar refractivity (Wildman–Crippen MR) is 65.6 cm³/mol. The van der Waals surface area contributed by atoms with E-state index in [1.165, 1.54) is 0 Å². The fourth-order valence-corrected chi connectivity index (χ4v) is 2.49. The molecule has 1 rings (SSSR count). The molecule has 0 aromatic carbocycles. The average molecular weight is 310 g/mol. The lowest BCUT2D eigenvalue weighted by Crippen LogP contribution is -2.30. The van der Waals surface area contributed by atoms with Gasteiger partial charge in [0.1, 0.15) is 6.10 Å². The zero-order valence-corrected chi connectivity index (χ0v) is 11.3. The number of ether oxygens (including phenoxy) is 1. The van der Waals surface area contributed by atoms with Gasteiger partial charge in [0.05, 0.1) is 5.92 Å². The summed E-state index contributed by atoms with van der Waals surface area (Å²) in [6, 6.07) is 0. The van der Waals surface area contributed by atoms with Crippen molar-refractivity contribution in [2.45, 2.75) is 46.1 Å². The zero-order valence-electron chi connectivity index (χ0n) is 9.18. The van der Waals surface area contributed by atoms with Gasteiger partial charge in [0.25, 0.3) is 0 Å². The minimum Gasteiger partial charge on any atom is -0.461 e. The summed E-state index contributed by atoms with van der Waals surface area (Å²) in [6.07, 6.45) is 3.27. The van der Waals surface area contributed by atoms with Crippen molar-refractivity contribution in [3.05, 3.63) is 0 Å². The summed E-state index contributed by atoms with van der Waals surface area (Å²) in [5.74, 6) is 0.0899. The molecule has 1 aliphatic rings. The van der Waals surface area contributed by atoms with Crippen molar-refractivity contribution >= 4 is 28.6 Å². The Kier molecular flexibility index (Phi) is 4.22. The maximum Gasteiger partial charge on any atom is 0.309 e. The molecule has 0 aromatic heterocycles. The Morgan fingerprint density at radius 2 is 2.07 bits per heavy atom. The van der Waals surface area contributed by atoms with Crippen LogP contribution >= 0.6 is 22.6 Å². The fourth-order valence-electron chi connectivity index (χ4n) is 1.87. The molecule has 0 unspecified atom stereocenters. The van der Waals surface area contributed by atoms with E-state index in [4.69, 9.17) is 4.74 Å². The van der Waals surface area contributed by atoms with E-state index >= 15 is 0 Å². The highest BCUT2D eigenvalue weighted by molar-refractivity contribution is 14.1. The number of rotatable bonds is 1. The molecule has 1 fully saturated rings. The van der Waals surface area contributed by atoms with E-state index in [0.29, 0.717) is 0 Å². The smallest absolute Gasteiger partial charge is 0.309 e. The van der Waals surface area contributed by atoms with E-state index in [2.05, 4.69) is 43.4 Å². The third kappa shape index (κ3) is 3.11. The quantitative estimate of drug-likeness (QED) is 0.422. The molecule has 2 nitrogen and oxygen atoms in total. The van der Waals surface area contributed by atoms with E-state index in [0.717, 1.165) is 23.7 Å². The average Bonchev–Trinajstić information content (AvgIpc) is 2.25. The molecule has 0 N–H and O–H groups in total. The van der Waals surface area contributed by atoms with Crippen molar-refractivity contribution in [3.8, 4) is 0 Å². The summed E-state index contributed by atoms with van der Waals surface area (Å²) < 4.78 is 6.37. The molecule has 1 heterocycles. The highest BCUT2D eigenvalue weighted by Crippen LogP contribution is 2.34. The van der Waals surface area contributed by atoms with Gasteiger partial charge in [-0.3, -0.25) is 4.79 Å². The van der Waals surface area contributed by atoms with Gasteiger partial charge >= 0.3 is 5.97 Å². The molecule has 0 bridgehead atoms. The molecule has 3 heteroatoms. The topological polar surface area (TPSA) is 26.3 Å². The highest BCUT2D eigenvalue weighted by atomic mass is 127. The molecule has 82 valence electrons. The van der Waals surface area contributed by atoms with Crippen LogP contribution in [0.3, 0.4) is 0 Å². The van der Waals surface area contributed by atoms with Gasteiger partial charge in [-0.25, -0.2) is 0 Å². The Hall–Kier alpha value is 0.200. The van der Waals surface area contributed by atoms with Gasteiger partial charge in [-0.15, -0.1) is 0 Å². The van der Waals surface area contributed by atoms with Crippen molar-refractivity contribution in [2.75, 3.05) is 4.43 Å². The standard InChI is InChI=1S/C11H19IO2/c1-11(2,3)9-6-4-5-8(7-12)14-10(9)13/h8-9H,4-7H2,1-3H3/t8-,9-/m0/s1. The SMILES string of the molecule is CC(C)(C)[C@H]1CCC[C@@H](CI)OC1=O. The summed E-state index contributed by atoms with van der Waals surface area (Å²) >= 11 is 2.28. The summed E-state index contributed by atoms with van der Waals surface area (Å²) in [7, 11) is 0. The van der Waals surface area contributed by atoms with Crippen LogP contribution < -0.4 is 0 Å². The number of carbonyl (C=O) groups is 1. The van der Waals surface area contributed by atoms with Crippen molar-refractivity contribution in [3.63, 3.8) is 0 Å². The third-order valence-corrected chi connectivity index (χ3v) is 3.79. The lowest BCUT2D eigenvalue weighted by molar-refractivity contribution is -0.155. The second-order valence-corrected chi connectivity index (χ2v) is 5.94. The van der Waals surface area contributed by atoms with Gasteiger partial charge in [0, 0.05) is 4.43 Å². The molecule has 1 aliphatic heterocycles. The number of hydrogen-bond donors (Lipinski definition) is 0. The molecule has 0 radical (unpaired) electrons. The first-order valence-corrected chi connectivity index (χ1v) is 6.74. The zero-order chi connectivity index (χ0) is 10.8.